The monoisotopic (exact) mass is 373 g/mol. The standard InChI is InChI=1S/C23H23N3O2/c1-16-9-11-18(12-10-16)23(28)26-14-4-7-19(15-26)22(27)25-20-8-2-5-17-6-3-13-24-21(17)20/h2-3,5-6,8-13,19H,4,7,14-15H2,1H3,(H,25,27). The molecule has 1 aliphatic rings. The molecule has 0 radical (unpaired) electrons. The van der Waals surface area contributed by atoms with E-state index in [9.17, 15) is 9.59 Å². The van der Waals surface area contributed by atoms with Gasteiger partial charge in [0.1, 0.15) is 0 Å². The summed E-state index contributed by atoms with van der Waals surface area (Å²) in [5, 5.41) is 4.01. The second-order valence-electron chi connectivity index (χ2n) is 7.33. The molecule has 5 nitrogen and oxygen atoms in total. The van der Waals surface area contributed by atoms with Gasteiger partial charge < -0.3 is 10.2 Å². The van der Waals surface area contributed by atoms with Gasteiger partial charge in [-0.05, 0) is 44.0 Å². The van der Waals surface area contributed by atoms with Crippen LogP contribution in [0.25, 0.3) is 10.9 Å². The number of aryl methyl sites for hydroxylation is 1. The van der Waals surface area contributed by atoms with Crippen molar-refractivity contribution in [2.24, 2.45) is 5.92 Å². The summed E-state index contributed by atoms with van der Waals surface area (Å²) in [5.41, 5.74) is 3.29. The number of benzene rings is 2. The molecule has 2 amide bonds. The zero-order valence-electron chi connectivity index (χ0n) is 15.9. The van der Waals surface area contributed by atoms with Crippen molar-refractivity contribution in [2.45, 2.75) is 19.8 Å². The Labute approximate surface area is 164 Å². The molecular weight excluding hydrogens is 350 g/mol. The van der Waals surface area contributed by atoms with E-state index in [2.05, 4.69) is 10.3 Å². The van der Waals surface area contributed by atoms with Crippen molar-refractivity contribution in [3.63, 3.8) is 0 Å². The average molecular weight is 373 g/mol. The molecule has 28 heavy (non-hydrogen) atoms. The number of piperidine rings is 1. The van der Waals surface area contributed by atoms with Gasteiger partial charge in [0.2, 0.25) is 5.91 Å². The van der Waals surface area contributed by atoms with Crippen LogP contribution in [-0.4, -0.2) is 34.8 Å². The number of carbonyl (C=O) groups is 2. The highest BCUT2D eigenvalue weighted by molar-refractivity contribution is 6.01. The van der Waals surface area contributed by atoms with Gasteiger partial charge in [0.25, 0.3) is 5.91 Å². The van der Waals surface area contributed by atoms with Crippen LogP contribution in [-0.2, 0) is 4.79 Å². The van der Waals surface area contributed by atoms with Crippen LogP contribution in [0.2, 0.25) is 0 Å². The van der Waals surface area contributed by atoms with Crippen molar-refractivity contribution in [3.05, 3.63) is 71.9 Å². The highest BCUT2D eigenvalue weighted by atomic mass is 16.2. The van der Waals surface area contributed by atoms with E-state index >= 15 is 0 Å². The molecule has 0 aliphatic carbocycles. The fourth-order valence-corrected chi connectivity index (χ4v) is 3.69. The fraction of sp³-hybridized carbons (Fsp3) is 0.261. The summed E-state index contributed by atoms with van der Waals surface area (Å²) in [4.78, 5) is 31.9. The van der Waals surface area contributed by atoms with E-state index in [1.54, 1.807) is 11.1 Å². The molecular formula is C23H23N3O2. The highest BCUT2D eigenvalue weighted by Crippen LogP contribution is 2.24. The molecule has 0 saturated carbocycles. The summed E-state index contributed by atoms with van der Waals surface area (Å²) in [6.07, 6.45) is 3.33. The first-order valence-electron chi connectivity index (χ1n) is 9.62. The molecule has 0 spiro atoms. The van der Waals surface area contributed by atoms with Crippen LogP contribution in [0.3, 0.4) is 0 Å². The maximum atomic E-state index is 12.9. The normalized spacial score (nSPS) is 16.8. The zero-order chi connectivity index (χ0) is 19.5. The number of aromatic nitrogens is 1. The van der Waals surface area contributed by atoms with Crippen LogP contribution in [0.5, 0.6) is 0 Å². The molecule has 1 unspecified atom stereocenters. The number of nitrogens with zero attached hydrogens (tertiary/aromatic N) is 2. The molecule has 2 aromatic carbocycles. The number of rotatable bonds is 3. The Morgan fingerprint density at radius 1 is 1.07 bits per heavy atom. The SMILES string of the molecule is Cc1ccc(C(=O)N2CCCC(C(=O)Nc3cccc4cccnc34)C2)cc1. The summed E-state index contributed by atoms with van der Waals surface area (Å²) in [6.45, 7) is 3.13. The molecule has 142 valence electrons. The lowest BCUT2D eigenvalue weighted by molar-refractivity contribution is -0.121. The number of hydrogen-bond acceptors (Lipinski definition) is 3. The molecule has 0 bridgehead atoms. The Balaban J connectivity index is 1.47. The Kier molecular flexibility index (Phi) is 5.06. The van der Waals surface area contributed by atoms with Crippen molar-refractivity contribution in [1.29, 1.82) is 0 Å². The maximum absolute atomic E-state index is 12.9. The first-order chi connectivity index (χ1) is 13.6. The molecule has 1 aliphatic heterocycles. The first-order valence-corrected chi connectivity index (χ1v) is 9.62. The van der Waals surface area contributed by atoms with Gasteiger partial charge in [-0.15, -0.1) is 0 Å². The Morgan fingerprint density at radius 2 is 1.86 bits per heavy atom. The molecule has 1 saturated heterocycles. The van der Waals surface area contributed by atoms with E-state index in [1.165, 1.54) is 0 Å². The summed E-state index contributed by atoms with van der Waals surface area (Å²) in [7, 11) is 0. The predicted octanol–water partition coefficient (Wildman–Crippen LogP) is 4.03. The number of nitrogens with one attached hydrogen (secondary N) is 1. The molecule has 3 aromatic rings. The minimum atomic E-state index is -0.220. The van der Waals surface area contributed by atoms with Gasteiger partial charge in [0.05, 0.1) is 17.1 Å². The number of anilines is 1. The van der Waals surface area contributed by atoms with Crippen LogP contribution in [0.1, 0.15) is 28.8 Å². The van der Waals surface area contributed by atoms with E-state index in [4.69, 9.17) is 0 Å². The van der Waals surface area contributed by atoms with Crippen molar-refractivity contribution >= 4 is 28.4 Å². The number of fused-ring (bicyclic) bond motifs is 1. The lowest BCUT2D eigenvalue weighted by Gasteiger charge is -2.32. The second kappa shape index (κ2) is 7.80. The maximum Gasteiger partial charge on any atom is 0.253 e. The van der Waals surface area contributed by atoms with E-state index in [0.29, 0.717) is 24.3 Å². The lowest BCUT2D eigenvalue weighted by atomic mass is 9.96. The molecule has 1 aromatic heterocycles. The second-order valence-corrected chi connectivity index (χ2v) is 7.33. The topological polar surface area (TPSA) is 62.3 Å². The average Bonchev–Trinajstić information content (AvgIpc) is 2.74. The minimum absolute atomic E-state index is 0.00988. The van der Waals surface area contributed by atoms with Gasteiger partial charge in [-0.1, -0.05) is 35.9 Å². The summed E-state index contributed by atoms with van der Waals surface area (Å²) in [5.74, 6) is -0.286. The first kappa shape index (κ1) is 18.2. The summed E-state index contributed by atoms with van der Waals surface area (Å²) < 4.78 is 0. The number of hydrogen-bond donors (Lipinski definition) is 1. The zero-order valence-corrected chi connectivity index (χ0v) is 15.9. The third-order valence-electron chi connectivity index (χ3n) is 5.27. The van der Waals surface area contributed by atoms with Crippen LogP contribution < -0.4 is 5.32 Å². The molecule has 1 N–H and O–H groups in total. The smallest absolute Gasteiger partial charge is 0.253 e. The number of para-hydroxylation sites is 1. The van der Waals surface area contributed by atoms with Crippen molar-refractivity contribution in [3.8, 4) is 0 Å². The van der Waals surface area contributed by atoms with Gasteiger partial charge >= 0.3 is 0 Å². The Bertz CT molecular complexity index is 1010. The largest absolute Gasteiger partial charge is 0.338 e. The fourth-order valence-electron chi connectivity index (χ4n) is 3.69. The van der Waals surface area contributed by atoms with Gasteiger partial charge in [-0.25, -0.2) is 0 Å². The van der Waals surface area contributed by atoms with Crippen LogP contribution >= 0.6 is 0 Å². The number of likely N-dealkylation sites (tertiary alicyclic amines) is 1. The van der Waals surface area contributed by atoms with Crippen molar-refractivity contribution < 1.29 is 9.59 Å². The molecule has 1 fully saturated rings. The minimum Gasteiger partial charge on any atom is -0.338 e. The van der Waals surface area contributed by atoms with Gasteiger partial charge in [-0.3, -0.25) is 14.6 Å². The Morgan fingerprint density at radius 3 is 2.68 bits per heavy atom. The quantitative estimate of drug-likeness (QED) is 0.754. The van der Waals surface area contributed by atoms with Crippen LogP contribution in [0.4, 0.5) is 5.69 Å². The third kappa shape index (κ3) is 3.74. The van der Waals surface area contributed by atoms with E-state index in [-0.39, 0.29) is 17.7 Å². The van der Waals surface area contributed by atoms with E-state index in [1.807, 2.05) is 61.5 Å². The van der Waals surface area contributed by atoms with Gasteiger partial charge in [0, 0.05) is 30.2 Å². The van der Waals surface area contributed by atoms with Gasteiger partial charge in [-0.2, -0.15) is 0 Å². The molecule has 2 heterocycles. The number of pyridine rings is 1. The van der Waals surface area contributed by atoms with Crippen LogP contribution in [0, 0.1) is 12.8 Å². The van der Waals surface area contributed by atoms with Gasteiger partial charge in [0.15, 0.2) is 0 Å². The summed E-state index contributed by atoms with van der Waals surface area (Å²) in [6, 6.07) is 17.2. The van der Waals surface area contributed by atoms with E-state index < -0.39 is 0 Å². The molecule has 1 atom stereocenters. The highest BCUT2D eigenvalue weighted by Gasteiger charge is 2.29. The number of carbonyl (C=O) groups excluding carboxylic acids is 2. The van der Waals surface area contributed by atoms with Crippen LogP contribution in [0.15, 0.2) is 60.8 Å². The molecule has 4 rings (SSSR count). The summed E-state index contributed by atoms with van der Waals surface area (Å²) >= 11 is 0. The number of amides is 2. The third-order valence-corrected chi connectivity index (χ3v) is 5.27. The van der Waals surface area contributed by atoms with E-state index in [0.717, 1.165) is 29.3 Å². The molecule has 5 heteroatoms. The lowest BCUT2D eigenvalue weighted by Crippen LogP contribution is -2.43. The van der Waals surface area contributed by atoms with Crippen molar-refractivity contribution in [2.75, 3.05) is 18.4 Å². The van der Waals surface area contributed by atoms with Crippen molar-refractivity contribution in [1.82, 2.24) is 9.88 Å². The predicted molar refractivity (Wildman–Crippen MR) is 110 cm³/mol. The Hall–Kier alpha value is -3.21.